The van der Waals surface area contributed by atoms with Crippen molar-refractivity contribution >= 4 is 0 Å². The van der Waals surface area contributed by atoms with Crippen molar-refractivity contribution in [1.29, 1.82) is 0 Å². The van der Waals surface area contributed by atoms with Crippen molar-refractivity contribution < 1.29 is 4.74 Å². The second-order valence-corrected chi connectivity index (χ2v) is 4.27. The first kappa shape index (κ1) is 13.9. The summed E-state index contributed by atoms with van der Waals surface area (Å²) in [5, 5.41) is 3.40. The average molecular weight is 202 g/mol. The summed E-state index contributed by atoms with van der Waals surface area (Å²) in [4.78, 5) is 2.14. The lowest BCUT2D eigenvalue weighted by Crippen LogP contribution is -2.34. The molecule has 0 rings (SSSR count). The summed E-state index contributed by atoms with van der Waals surface area (Å²) in [5.41, 5.74) is 0. The van der Waals surface area contributed by atoms with Crippen molar-refractivity contribution in [1.82, 2.24) is 10.2 Å². The SMILES string of the molecule is CCC(CNC(C)C)OCCN(C)C. The number of likely N-dealkylation sites (N-methyl/N-ethyl adjacent to an activating group) is 1. The molecule has 1 N–H and O–H groups in total. The van der Waals surface area contributed by atoms with E-state index in [0.29, 0.717) is 12.1 Å². The lowest BCUT2D eigenvalue weighted by Gasteiger charge is -2.19. The van der Waals surface area contributed by atoms with Crippen molar-refractivity contribution in [2.24, 2.45) is 0 Å². The molecule has 0 saturated carbocycles. The maximum atomic E-state index is 5.75. The van der Waals surface area contributed by atoms with Gasteiger partial charge in [-0.25, -0.2) is 0 Å². The standard InChI is InChI=1S/C11H26N2O/c1-6-11(9-12-10(2)3)14-8-7-13(4)5/h10-12H,6-9H2,1-5H3. The van der Waals surface area contributed by atoms with Crippen molar-refractivity contribution in [3.05, 3.63) is 0 Å². The fourth-order valence-electron chi connectivity index (χ4n) is 1.09. The summed E-state index contributed by atoms with van der Waals surface area (Å²) in [6, 6.07) is 0.543. The molecular formula is C11H26N2O. The van der Waals surface area contributed by atoms with Gasteiger partial charge in [0.2, 0.25) is 0 Å². The maximum absolute atomic E-state index is 5.75. The Labute approximate surface area is 88.8 Å². The molecule has 0 aromatic rings. The lowest BCUT2D eigenvalue weighted by atomic mass is 10.2. The van der Waals surface area contributed by atoms with Crippen LogP contribution in [0.5, 0.6) is 0 Å². The fourth-order valence-corrected chi connectivity index (χ4v) is 1.09. The molecule has 0 amide bonds. The third kappa shape index (κ3) is 8.48. The van der Waals surface area contributed by atoms with E-state index < -0.39 is 0 Å². The van der Waals surface area contributed by atoms with Gasteiger partial charge in [0.05, 0.1) is 12.7 Å². The van der Waals surface area contributed by atoms with Crippen LogP contribution >= 0.6 is 0 Å². The highest BCUT2D eigenvalue weighted by atomic mass is 16.5. The van der Waals surface area contributed by atoms with E-state index in [4.69, 9.17) is 4.74 Å². The highest BCUT2D eigenvalue weighted by Crippen LogP contribution is 1.97. The van der Waals surface area contributed by atoms with Gasteiger partial charge in [0, 0.05) is 19.1 Å². The summed E-state index contributed by atoms with van der Waals surface area (Å²) in [6.45, 7) is 9.27. The predicted octanol–water partition coefficient (Wildman–Crippen LogP) is 1.34. The first-order valence-electron chi connectivity index (χ1n) is 5.56. The van der Waals surface area contributed by atoms with Gasteiger partial charge in [-0.05, 0) is 20.5 Å². The Morgan fingerprint density at radius 2 is 1.93 bits per heavy atom. The minimum Gasteiger partial charge on any atom is -0.376 e. The molecule has 0 radical (unpaired) electrons. The van der Waals surface area contributed by atoms with Gasteiger partial charge >= 0.3 is 0 Å². The Balaban J connectivity index is 3.48. The topological polar surface area (TPSA) is 24.5 Å². The van der Waals surface area contributed by atoms with Crippen LogP contribution in [0.3, 0.4) is 0 Å². The van der Waals surface area contributed by atoms with Gasteiger partial charge in [0.15, 0.2) is 0 Å². The Morgan fingerprint density at radius 1 is 1.29 bits per heavy atom. The van der Waals surface area contributed by atoms with Crippen molar-refractivity contribution in [2.45, 2.75) is 39.3 Å². The van der Waals surface area contributed by atoms with Crippen LogP contribution in [0.2, 0.25) is 0 Å². The Bertz CT molecular complexity index is 126. The summed E-state index contributed by atoms with van der Waals surface area (Å²) < 4.78 is 5.75. The van der Waals surface area contributed by atoms with Crippen molar-refractivity contribution in [3.8, 4) is 0 Å². The van der Waals surface area contributed by atoms with Crippen LogP contribution in [0.4, 0.5) is 0 Å². The molecule has 1 atom stereocenters. The van der Waals surface area contributed by atoms with E-state index in [1.54, 1.807) is 0 Å². The highest BCUT2D eigenvalue weighted by Gasteiger charge is 2.06. The molecular weight excluding hydrogens is 176 g/mol. The average Bonchev–Trinajstić information content (AvgIpc) is 2.10. The van der Waals surface area contributed by atoms with Gasteiger partial charge in [-0.3, -0.25) is 0 Å². The molecule has 0 aliphatic heterocycles. The van der Waals surface area contributed by atoms with Crippen LogP contribution in [0.25, 0.3) is 0 Å². The zero-order valence-electron chi connectivity index (χ0n) is 10.3. The molecule has 0 aromatic heterocycles. The van der Waals surface area contributed by atoms with Gasteiger partial charge in [0.25, 0.3) is 0 Å². The van der Waals surface area contributed by atoms with E-state index >= 15 is 0 Å². The second kappa shape index (κ2) is 8.21. The number of rotatable bonds is 8. The molecule has 86 valence electrons. The molecule has 0 aliphatic carbocycles. The number of hydrogen-bond donors (Lipinski definition) is 1. The zero-order chi connectivity index (χ0) is 11.0. The van der Waals surface area contributed by atoms with E-state index in [1.165, 1.54) is 0 Å². The first-order chi connectivity index (χ1) is 6.56. The van der Waals surface area contributed by atoms with Gasteiger partial charge < -0.3 is 15.0 Å². The molecule has 0 aliphatic rings. The largest absolute Gasteiger partial charge is 0.376 e. The van der Waals surface area contributed by atoms with Gasteiger partial charge in [-0.15, -0.1) is 0 Å². The van der Waals surface area contributed by atoms with E-state index in [-0.39, 0.29) is 0 Å². The van der Waals surface area contributed by atoms with Gasteiger partial charge in [0.1, 0.15) is 0 Å². The van der Waals surface area contributed by atoms with Crippen LogP contribution in [-0.4, -0.2) is 50.8 Å². The van der Waals surface area contributed by atoms with Crippen molar-refractivity contribution in [2.75, 3.05) is 33.8 Å². The molecule has 0 fully saturated rings. The van der Waals surface area contributed by atoms with Crippen molar-refractivity contribution in [3.63, 3.8) is 0 Å². The quantitative estimate of drug-likeness (QED) is 0.643. The monoisotopic (exact) mass is 202 g/mol. The molecule has 0 saturated heterocycles. The summed E-state index contributed by atoms with van der Waals surface area (Å²) in [7, 11) is 4.13. The Hall–Kier alpha value is -0.120. The summed E-state index contributed by atoms with van der Waals surface area (Å²) in [5.74, 6) is 0. The normalized spacial score (nSPS) is 13.9. The van der Waals surface area contributed by atoms with Crippen LogP contribution in [0.1, 0.15) is 27.2 Å². The molecule has 0 bridgehead atoms. The van der Waals surface area contributed by atoms with E-state index in [1.807, 2.05) is 0 Å². The molecule has 0 heterocycles. The van der Waals surface area contributed by atoms with Crippen LogP contribution < -0.4 is 5.32 Å². The fraction of sp³-hybridized carbons (Fsp3) is 1.00. The molecule has 14 heavy (non-hydrogen) atoms. The lowest BCUT2D eigenvalue weighted by molar-refractivity contribution is 0.0410. The molecule has 0 spiro atoms. The van der Waals surface area contributed by atoms with E-state index in [0.717, 1.165) is 26.1 Å². The van der Waals surface area contributed by atoms with Gasteiger partial charge in [-0.1, -0.05) is 20.8 Å². The van der Waals surface area contributed by atoms with Crippen LogP contribution in [0, 0.1) is 0 Å². The molecule has 3 nitrogen and oxygen atoms in total. The van der Waals surface area contributed by atoms with E-state index in [2.05, 4.69) is 45.1 Å². The molecule has 1 unspecified atom stereocenters. The second-order valence-electron chi connectivity index (χ2n) is 4.27. The maximum Gasteiger partial charge on any atom is 0.0697 e. The smallest absolute Gasteiger partial charge is 0.0697 e. The zero-order valence-corrected chi connectivity index (χ0v) is 10.3. The Morgan fingerprint density at radius 3 is 2.36 bits per heavy atom. The number of nitrogens with zero attached hydrogens (tertiary/aromatic N) is 1. The minimum atomic E-state index is 0.359. The predicted molar refractivity (Wildman–Crippen MR) is 61.7 cm³/mol. The summed E-state index contributed by atoms with van der Waals surface area (Å²) in [6.07, 6.45) is 1.44. The minimum absolute atomic E-state index is 0.359. The first-order valence-corrected chi connectivity index (χ1v) is 5.56. The summed E-state index contributed by atoms with van der Waals surface area (Å²) >= 11 is 0. The van der Waals surface area contributed by atoms with Crippen LogP contribution in [-0.2, 0) is 4.74 Å². The molecule has 3 heteroatoms. The Kier molecular flexibility index (Phi) is 8.14. The van der Waals surface area contributed by atoms with Crippen LogP contribution in [0.15, 0.2) is 0 Å². The third-order valence-electron chi connectivity index (χ3n) is 2.10. The molecule has 0 aromatic carbocycles. The third-order valence-corrected chi connectivity index (χ3v) is 2.10. The van der Waals surface area contributed by atoms with E-state index in [9.17, 15) is 0 Å². The highest BCUT2D eigenvalue weighted by molar-refractivity contribution is 4.62. The number of nitrogens with one attached hydrogen (secondary N) is 1. The van der Waals surface area contributed by atoms with Gasteiger partial charge in [-0.2, -0.15) is 0 Å². The number of ether oxygens (including phenoxy) is 1. The number of hydrogen-bond acceptors (Lipinski definition) is 3.